The monoisotopic (exact) mass is 1240 g/mol. The first-order chi connectivity index (χ1) is 40.1. The molecule has 6 amide bonds. The lowest BCUT2D eigenvalue weighted by Crippen LogP contribution is -2.33. The van der Waals surface area contributed by atoms with Crippen LogP contribution in [0.4, 0.5) is 14.4 Å². The molecule has 85 heavy (non-hydrogen) atoms. The summed E-state index contributed by atoms with van der Waals surface area (Å²) < 4.78 is 34.1. The summed E-state index contributed by atoms with van der Waals surface area (Å²) in [6, 6.07) is 21.5. The van der Waals surface area contributed by atoms with Gasteiger partial charge in [0.2, 0.25) is 5.91 Å². The van der Waals surface area contributed by atoms with Crippen LogP contribution in [0.15, 0.2) is 97.6 Å². The number of nitrogens with one attached hydrogen (secondary N) is 4. The number of ether oxygens (including phenoxy) is 6. The Morgan fingerprint density at radius 2 is 1.02 bits per heavy atom. The number of nitrogens with two attached hydrogens (primary N) is 1. The molecule has 6 aromatic rings. The summed E-state index contributed by atoms with van der Waals surface area (Å²) in [5.74, 6) is -1.71. The Balaban J connectivity index is 0.000000270. The van der Waals surface area contributed by atoms with Gasteiger partial charge in [-0.3, -0.25) is 24.5 Å². The van der Waals surface area contributed by atoms with Crippen LogP contribution in [0.1, 0.15) is 109 Å². The molecule has 458 valence electrons. The van der Waals surface area contributed by atoms with Gasteiger partial charge >= 0.3 is 24.2 Å². The number of hydrogen-bond donors (Lipinski definition) is 5. The number of imide groups is 1. The number of esters is 1. The number of methoxy groups -OCH3 is 3. The van der Waals surface area contributed by atoms with E-state index in [0.717, 1.165) is 22.7 Å². The second-order valence-electron chi connectivity index (χ2n) is 21.8. The molecule has 1 aliphatic rings. The van der Waals surface area contributed by atoms with Crippen LogP contribution in [0.2, 0.25) is 0 Å². The maximum absolute atomic E-state index is 12.9. The van der Waals surface area contributed by atoms with Crippen molar-refractivity contribution in [1.29, 1.82) is 0 Å². The van der Waals surface area contributed by atoms with Gasteiger partial charge in [0.1, 0.15) is 39.6 Å². The van der Waals surface area contributed by atoms with E-state index in [9.17, 15) is 38.4 Å². The summed E-state index contributed by atoms with van der Waals surface area (Å²) in [4.78, 5) is 103. The highest BCUT2D eigenvalue weighted by atomic mass is 79.9. The van der Waals surface area contributed by atoms with Crippen molar-refractivity contribution >= 4 is 96.9 Å². The van der Waals surface area contributed by atoms with Gasteiger partial charge in [0.15, 0.2) is 0 Å². The summed E-state index contributed by atoms with van der Waals surface area (Å²) in [7, 11) is 4.26. The third-order valence-electron chi connectivity index (χ3n) is 11.5. The first-order valence-electron chi connectivity index (χ1n) is 27.2. The van der Waals surface area contributed by atoms with Gasteiger partial charge < -0.3 is 59.2 Å². The van der Waals surface area contributed by atoms with Gasteiger partial charge in [-0.25, -0.2) is 29.1 Å². The molecular weight excluding hydrogens is 1160 g/mol. The number of aryl methyl sites for hydroxylation is 2. The van der Waals surface area contributed by atoms with E-state index in [1.54, 1.807) is 99.6 Å². The van der Waals surface area contributed by atoms with E-state index in [1.807, 2.05) is 76.6 Å². The van der Waals surface area contributed by atoms with Crippen LogP contribution in [0.3, 0.4) is 0 Å². The largest absolute Gasteiger partial charge is 0.496 e. The predicted molar refractivity (Wildman–Crippen MR) is 325 cm³/mol. The minimum atomic E-state index is -0.917. The van der Waals surface area contributed by atoms with E-state index < -0.39 is 52.6 Å². The Bertz CT molecular complexity index is 3330. The van der Waals surface area contributed by atoms with Crippen LogP contribution in [0.5, 0.6) is 11.5 Å². The van der Waals surface area contributed by atoms with Gasteiger partial charge in [0.05, 0.1) is 44.5 Å². The minimum absolute atomic E-state index is 0.226. The molecule has 1 aliphatic heterocycles. The van der Waals surface area contributed by atoms with Crippen LogP contribution in [-0.2, 0) is 57.6 Å². The fourth-order valence-corrected chi connectivity index (χ4v) is 8.39. The maximum Gasteiger partial charge on any atom is 0.407 e. The quantitative estimate of drug-likeness (QED) is 0.00962. The number of rotatable bonds is 19. The van der Waals surface area contributed by atoms with Crippen LogP contribution in [0.25, 0.3) is 33.2 Å². The molecule has 4 aromatic heterocycles. The molecule has 5 heterocycles. The van der Waals surface area contributed by atoms with Gasteiger partial charge in [0, 0.05) is 90.3 Å². The number of primary amides is 1. The fraction of sp³-hybridized carbons (Fsp3) is 0.410. The van der Waals surface area contributed by atoms with Gasteiger partial charge in [-0.05, 0) is 118 Å². The third kappa shape index (κ3) is 22.0. The number of alkyl carbamates (subject to hydrolysis) is 3. The lowest BCUT2D eigenvalue weighted by atomic mass is 9.96. The number of aromatic nitrogens is 4. The predicted octanol–water partition coefficient (Wildman–Crippen LogP) is 8.85. The highest BCUT2D eigenvalue weighted by Gasteiger charge is 2.35. The molecule has 0 fully saturated rings. The van der Waals surface area contributed by atoms with E-state index >= 15 is 0 Å². The zero-order valence-corrected chi connectivity index (χ0v) is 51.9. The van der Waals surface area contributed by atoms with Crippen LogP contribution in [-0.4, -0.2) is 130 Å². The summed E-state index contributed by atoms with van der Waals surface area (Å²) in [5.41, 5.74) is 7.58. The van der Waals surface area contributed by atoms with Crippen molar-refractivity contribution in [2.24, 2.45) is 5.73 Å². The number of carbonyl (C=O) groups is 8. The van der Waals surface area contributed by atoms with E-state index in [2.05, 4.69) is 51.9 Å². The van der Waals surface area contributed by atoms with Crippen LogP contribution < -0.4 is 36.5 Å². The minimum Gasteiger partial charge on any atom is -0.496 e. The van der Waals surface area contributed by atoms with Crippen molar-refractivity contribution in [2.45, 2.75) is 118 Å². The molecule has 0 aliphatic carbocycles. The van der Waals surface area contributed by atoms with E-state index in [-0.39, 0.29) is 35.1 Å². The molecule has 0 bridgehead atoms. The first-order valence-corrected chi connectivity index (χ1v) is 28.3. The normalized spacial score (nSPS) is 12.0. The molecule has 0 saturated carbocycles. The molecule has 0 radical (unpaired) electrons. The maximum atomic E-state index is 12.9. The molecule has 2 aromatic carbocycles. The molecule has 0 atom stereocenters. The van der Waals surface area contributed by atoms with E-state index in [1.165, 1.54) is 14.2 Å². The number of ketones is 1. The number of carbonyl (C=O) groups excluding carboxylic acids is 8. The number of alkyl halides is 1. The zero-order chi connectivity index (χ0) is 63.1. The van der Waals surface area contributed by atoms with Gasteiger partial charge in [-0.15, -0.1) is 0 Å². The Kier molecular flexibility index (Phi) is 26.1. The molecule has 0 saturated heterocycles. The number of pyridine rings is 2. The Labute approximate surface area is 503 Å². The molecule has 0 unspecified atom stereocenters. The number of nitrogens with zero attached hydrogens (tertiary/aromatic N) is 4. The standard InChI is InChI=1S/C26H28N4O5.C18H23N3O5.C9H11NO2.C8H16BrNO2/c1-26(2,3)35-25(33)28-13-8-14-30-15-18(16-10-7-12-27-22(16)30)21-20(23(31)29-24(21)32)17-9-5-6-11-19(17)34-4;1-18(2,3)26-17(24)20-9-6-10-21-11-13(14(22)16(23)25-4)12-7-5-8-19-15(12)21;1-12-8-5-3-2-4-7(8)6-9(10)11;1-8(2,3)12-7(11)10-6-4-5-9/h5-7,9-12,15H,8,13-14H2,1-4H3,(H,28,33)(H,29,31,32);5,7-8,11H,6,9-10H2,1-4H3,(H,20,24);2-5H,6H2,1H3,(H2,10,11);4-6H2,1-3H3,(H,10,11). The van der Waals surface area contributed by atoms with Gasteiger partial charge in [0.25, 0.3) is 17.6 Å². The highest BCUT2D eigenvalue weighted by Crippen LogP contribution is 2.38. The van der Waals surface area contributed by atoms with Crippen molar-refractivity contribution in [1.82, 2.24) is 40.4 Å². The summed E-state index contributed by atoms with van der Waals surface area (Å²) in [6.45, 7) is 18.9. The average Bonchev–Trinajstić information content (AvgIpc) is 2.16. The van der Waals surface area contributed by atoms with Gasteiger partial charge in [-0.1, -0.05) is 52.3 Å². The lowest BCUT2D eigenvalue weighted by molar-refractivity contribution is -0.135. The Morgan fingerprint density at radius 3 is 1.51 bits per heavy atom. The van der Waals surface area contributed by atoms with Crippen LogP contribution >= 0.6 is 15.9 Å². The zero-order valence-electron chi connectivity index (χ0n) is 50.3. The Hall–Kier alpha value is -8.80. The van der Waals surface area contributed by atoms with Crippen molar-refractivity contribution in [2.75, 3.05) is 46.3 Å². The fourth-order valence-electron chi connectivity index (χ4n) is 8.11. The second-order valence-corrected chi connectivity index (χ2v) is 22.6. The van der Waals surface area contributed by atoms with Crippen LogP contribution in [0, 0.1) is 0 Å². The van der Waals surface area contributed by atoms with Gasteiger partial charge in [-0.2, -0.15) is 0 Å². The number of benzene rings is 2. The number of Topliss-reactive ketones (excluding diaryl/α,β-unsaturated/α-hetero) is 1. The topological polar surface area (TPSA) is 302 Å². The summed E-state index contributed by atoms with van der Waals surface area (Å²) in [6.07, 6.45) is 7.77. The highest BCUT2D eigenvalue weighted by molar-refractivity contribution is 9.09. The van der Waals surface area contributed by atoms with E-state index in [0.29, 0.717) is 84.9 Å². The molecule has 24 heteroatoms. The summed E-state index contributed by atoms with van der Waals surface area (Å²) >= 11 is 3.27. The van der Waals surface area contributed by atoms with Crippen molar-refractivity contribution in [3.8, 4) is 11.5 Å². The third-order valence-corrected chi connectivity index (χ3v) is 12.0. The molecule has 0 spiro atoms. The number of halogens is 1. The average molecular weight is 1240 g/mol. The SMILES string of the molecule is CC(C)(C)OC(=O)NCCCBr.COC(=O)C(=O)c1cn(CCCNC(=O)OC(C)(C)C)c2ncccc12.COc1ccccc1C1=C(c2cn(CCCNC(=O)OC(C)(C)C)c3ncccc23)C(=O)NC1=O.COc1ccccc1CC(N)=O. The number of fused-ring (bicyclic) bond motifs is 2. The number of hydrogen-bond acceptors (Lipinski definition) is 16. The second kappa shape index (κ2) is 32.3. The Morgan fingerprint density at radius 1 is 0.576 bits per heavy atom. The van der Waals surface area contributed by atoms with E-state index in [4.69, 9.17) is 29.4 Å². The molecule has 6 N–H and O–H groups in total. The smallest absolute Gasteiger partial charge is 0.407 e. The number of amides is 6. The van der Waals surface area contributed by atoms with Crippen molar-refractivity contribution < 1.29 is 66.8 Å². The summed E-state index contributed by atoms with van der Waals surface area (Å²) in [5, 5.41) is 12.7. The first kappa shape index (κ1) is 68.7. The number of para-hydroxylation sites is 2. The lowest BCUT2D eigenvalue weighted by Gasteiger charge is -2.19. The van der Waals surface area contributed by atoms with Crippen molar-refractivity contribution in [3.05, 3.63) is 120 Å². The molecule has 7 rings (SSSR count). The molecular formula is C61H78BrN9O14. The van der Waals surface area contributed by atoms with Crippen molar-refractivity contribution in [3.63, 3.8) is 0 Å². The molecule has 23 nitrogen and oxygen atoms in total.